The Morgan fingerprint density at radius 3 is 2.54 bits per heavy atom. The zero-order valence-corrected chi connectivity index (χ0v) is 9.94. The van der Waals surface area contributed by atoms with Crippen molar-refractivity contribution in [1.29, 1.82) is 0 Å². The van der Waals surface area contributed by atoms with E-state index < -0.39 is 8.03 Å². The highest BCUT2D eigenvalue weighted by atomic mass is 31.1. The normalized spacial score (nSPS) is 24.3. The van der Waals surface area contributed by atoms with Crippen molar-refractivity contribution in [2.75, 3.05) is 6.66 Å². The van der Waals surface area contributed by atoms with E-state index >= 15 is 0 Å². The summed E-state index contributed by atoms with van der Waals surface area (Å²) in [6, 6.07) is 0. The molecule has 1 aliphatic rings. The molecule has 0 radical (unpaired) electrons. The summed E-state index contributed by atoms with van der Waals surface area (Å²) in [7, 11) is -1.84. The Bertz CT molecular complexity index is 254. The Labute approximate surface area is 81.2 Å². The maximum atomic E-state index is 11.1. The Morgan fingerprint density at radius 1 is 1.46 bits per heavy atom. The second kappa shape index (κ2) is 3.88. The molecular weight excluding hydrogens is 183 g/mol. The van der Waals surface area contributed by atoms with E-state index in [1.54, 1.807) is 6.66 Å². The second-order valence-corrected chi connectivity index (χ2v) is 5.63. The topological polar surface area (TPSA) is 26.3 Å². The van der Waals surface area contributed by atoms with E-state index in [1.807, 2.05) is 0 Å². The zero-order valence-electron chi connectivity index (χ0n) is 8.94. The van der Waals surface area contributed by atoms with Gasteiger partial charge in [-0.05, 0) is 31.8 Å². The van der Waals surface area contributed by atoms with E-state index in [2.05, 4.69) is 20.8 Å². The molecule has 76 valence electrons. The summed E-state index contributed by atoms with van der Waals surface area (Å²) >= 11 is 0. The van der Waals surface area contributed by atoms with Crippen molar-refractivity contribution in [2.24, 2.45) is 5.41 Å². The largest absolute Gasteiger partial charge is 0.449 e. The molecule has 0 saturated carbocycles. The molecule has 0 bridgehead atoms. The van der Waals surface area contributed by atoms with Crippen LogP contribution in [0.25, 0.3) is 0 Å². The SMILES string of the molecule is CC1=C(O[PH](C)=O)C(C)(C)CCC1. The van der Waals surface area contributed by atoms with Gasteiger partial charge in [0.2, 0.25) is 8.03 Å². The van der Waals surface area contributed by atoms with Gasteiger partial charge < -0.3 is 4.52 Å². The van der Waals surface area contributed by atoms with Gasteiger partial charge in [-0.2, -0.15) is 0 Å². The van der Waals surface area contributed by atoms with Crippen LogP contribution in [0.1, 0.15) is 40.0 Å². The summed E-state index contributed by atoms with van der Waals surface area (Å²) in [5.74, 6) is 0.977. The number of hydrogen-bond acceptors (Lipinski definition) is 2. The van der Waals surface area contributed by atoms with E-state index in [0.717, 1.165) is 18.6 Å². The van der Waals surface area contributed by atoms with Gasteiger partial charge >= 0.3 is 0 Å². The van der Waals surface area contributed by atoms with Gasteiger partial charge in [0.25, 0.3) is 0 Å². The van der Waals surface area contributed by atoms with Crippen LogP contribution < -0.4 is 0 Å². The van der Waals surface area contributed by atoms with Gasteiger partial charge in [-0.15, -0.1) is 0 Å². The lowest BCUT2D eigenvalue weighted by Gasteiger charge is -2.33. The minimum absolute atomic E-state index is 0.0820. The van der Waals surface area contributed by atoms with Crippen molar-refractivity contribution < 1.29 is 9.09 Å². The first-order valence-corrected chi connectivity index (χ1v) is 6.64. The first-order valence-electron chi connectivity index (χ1n) is 4.82. The highest BCUT2D eigenvalue weighted by Crippen LogP contribution is 2.44. The van der Waals surface area contributed by atoms with Crippen LogP contribution in [0.4, 0.5) is 0 Å². The molecule has 0 aliphatic heterocycles. The lowest BCUT2D eigenvalue weighted by Crippen LogP contribution is -2.20. The van der Waals surface area contributed by atoms with Crippen molar-refractivity contribution in [1.82, 2.24) is 0 Å². The molecule has 0 aromatic heterocycles. The highest BCUT2D eigenvalue weighted by Gasteiger charge is 2.30. The molecule has 0 aromatic carbocycles. The average Bonchev–Trinajstić information content (AvgIpc) is 1.96. The Hall–Kier alpha value is -0.230. The van der Waals surface area contributed by atoms with E-state index in [4.69, 9.17) is 4.52 Å². The molecule has 0 saturated heterocycles. The van der Waals surface area contributed by atoms with Gasteiger partial charge in [0.05, 0.1) is 0 Å². The first-order chi connectivity index (χ1) is 5.93. The Kier molecular flexibility index (Phi) is 3.23. The fourth-order valence-corrected chi connectivity index (χ4v) is 2.71. The van der Waals surface area contributed by atoms with Crippen LogP contribution in [-0.2, 0) is 9.09 Å². The molecular formula is C10H19O2P. The quantitative estimate of drug-likeness (QED) is 0.639. The maximum absolute atomic E-state index is 11.1. The Balaban J connectivity index is 2.91. The minimum Gasteiger partial charge on any atom is -0.449 e. The molecule has 1 rings (SSSR count). The third kappa shape index (κ3) is 2.60. The molecule has 1 atom stereocenters. The maximum Gasteiger partial charge on any atom is 0.233 e. The molecule has 0 aromatic rings. The average molecular weight is 202 g/mol. The number of rotatable bonds is 2. The molecule has 0 spiro atoms. The predicted molar refractivity (Wildman–Crippen MR) is 56.3 cm³/mol. The molecule has 0 amide bonds. The monoisotopic (exact) mass is 202 g/mol. The van der Waals surface area contributed by atoms with Crippen molar-refractivity contribution >= 4 is 8.03 Å². The third-order valence-electron chi connectivity index (χ3n) is 2.60. The molecule has 0 N–H and O–H groups in total. The third-order valence-corrected chi connectivity index (χ3v) is 3.09. The Morgan fingerprint density at radius 2 is 2.08 bits per heavy atom. The van der Waals surface area contributed by atoms with E-state index in [9.17, 15) is 4.57 Å². The zero-order chi connectivity index (χ0) is 10.1. The fraction of sp³-hybridized carbons (Fsp3) is 0.800. The number of allylic oxidation sites excluding steroid dienone is 2. The molecule has 3 heteroatoms. The molecule has 2 nitrogen and oxygen atoms in total. The van der Waals surface area contributed by atoms with Gasteiger partial charge in [0.1, 0.15) is 5.76 Å². The van der Waals surface area contributed by atoms with Gasteiger partial charge in [-0.3, -0.25) is 4.57 Å². The van der Waals surface area contributed by atoms with Gasteiger partial charge in [-0.1, -0.05) is 13.8 Å². The van der Waals surface area contributed by atoms with Crippen LogP contribution in [0.3, 0.4) is 0 Å². The van der Waals surface area contributed by atoms with E-state index in [0.29, 0.717) is 0 Å². The highest BCUT2D eigenvalue weighted by molar-refractivity contribution is 7.38. The lowest BCUT2D eigenvalue weighted by atomic mass is 9.78. The van der Waals surface area contributed by atoms with Crippen LogP contribution >= 0.6 is 8.03 Å². The van der Waals surface area contributed by atoms with Gasteiger partial charge in [0.15, 0.2) is 0 Å². The van der Waals surface area contributed by atoms with Gasteiger partial charge in [-0.25, -0.2) is 0 Å². The lowest BCUT2D eigenvalue weighted by molar-refractivity contribution is 0.240. The summed E-state index contributed by atoms with van der Waals surface area (Å²) in [5.41, 5.74) is 1.36. The van der Waals surface area contributed by atoms with Gasteiger partial charge in [0, 0.05) is 12.1 Å². The number of hydrogen-bond donors (Lipinski definition) is 0. The van der Waals surface area contributed by atoms with Crippen LogP contribution in [0, 0.1) is 5.41 Å². The summed E-state index contributed by atoms with van der Waals surface area (Å²) < 4.78 is 16.5. The molecule has 13 heavy (non-hydrogen) atoms. The first kappa shape index (κ1) is 10.8. The summed E-state index contributed by atoms with van der Waals surface area (Å²) in [4.78, 5) is 0. The second-order valence-electron chi connectivity index (χ2n) is 4.44. The van der Waals surface area contributed by atoms with E-state index in [-0.39, 0.29) is 5.41 Å². The standard InChI is InChI=1S/C10H19O2P/c1-8-6-5-7-10(2,3)9(8)12-13(4)11/h13H,5-7H2,1-4H3. The molecule has 0 heterocycles. The fourth-order valence-electron chi connectivity index (χ4n) is 1.97. The van der Waals surface area contributed by atoms with Crippen LogP contribution in [-0.4, -0.2) is 6.66 Å². The minimum atomic E-state index is -1.84. The predicted octanol–water partition coefficient (Wildman–Crippen LogP) is 3.59. The van der Waals surface area contributed by atoms with Crippen LogP contribution in [0.15, 0.2) is 11.3 Å². The summed E-state index contributed by atoms with van der Waals surface area (Å²) in [6.07, 6.45) is 3.44. The van der Waals surface area contributed by atoms with Crippen molar-refractivity contribution in [3.05, 3.63) is 11.3 Å². The molecule has 1 unspecified atom stereocenters. The van der Waals surface area contributed by atoms with Crippen molar-refractivity contribution in [3.63, 3.8) is 0 Å². The van der Waals surface area contributed by atoms with Crippen LogP contribution in [0.5, 0.6) is 0 Å². The molecule has 0 fully saturated rings. The summed E-state index contributed by atoms with van der Waals surface area (Å²) in [5, 5.41) is 0. The van der Waals surface area contributed by atoms with Crippen LogP contribution in [0.2, 0.25) is 0 Å². The van der Waals surface area contributed by atoms with E-state index in [1.165, 1.54) is 12.0 Å². The van der Waals surface area contributed by atoms with Crippen molar-refractivity contribution in [2.45, 2.75) is 40.0 Å². The smallest absolute Gasteiger partial charge is 0.233 e. The summed E-state index contributed by atoms with van der Waals surface area (Å²) in [6.45, 7) is 8.06. The molecule has 1 aliphatic carbocycles. The van der Waals surface area contributed by atoms with Crippen molar-refractivity contribution in [3.8, 4) is 0 Å².